The lowest BCUT2D eigenvalue weighted by molar-refractivity contribution is 0.0206. The number of fused-ring (bicyclic) bond motifs is 2. The van der Waals surface area contributed by atoms with Gasteiger partial charge in [-0.1, -0.05) is 46.7 Å². The maximum absolute atomic E-state index is 12.6. The van der Waals surface area contributed by atoms with Gasteiger partial charge in [-0.3, -0.25) is 8.80 Å². The first kappa shape index (κ1) is 49.9. The van der Waals surface area contributed by atoms with E-state index in [0.717, 1.165) is 105 Å². The summed E-state index contributed by atoms with van der Waals surface area (Å²) >= 11 is 3.15. The second-order valence-corrected chi connectivity index (χ2v) is 20.5. The number of anilines is 2. The zero-order valence-electron chi connectivity index (χ0n) is 41.2. The van der Waals surface area contributed by atoms with Crippen molar-refractivity contribution in [3.8, 4) is 68.1 Å². The van der Waals surface area contributed by atoms with E-state index in [2.05, 4.69) is 50.6 Å². The molecule has 20 nitrogen and oxygen atoms in total. The van der Waals surface area contributed by atoms with Crippen LogP contribution in [0.15, 0.2) is 105 Å². The fourth-order valence-electron chi connectivity index (χ4n) is 8.96. The normalized spacial score (nSPS) is 15.9. The van der Waals surface area contributed by atoms with Gasteiger partial charge in [0.1, 0.15) is 17.0 Å². The first-order chi connectivity index (χ1) is 35.5. The third kappa shape index (κ3) is 11.0. The van der Waals surface area contributed by atoms with Crippen molar-refractivity contribution in [1.29, 1.82) is 0 Å². The summed E-state index contributed by atoms with van der Waals surface area (Å²) in [6.45, 7) is 12.4. The molecule has 2 fully saturated rings. The zero-order valence-corrected chi connectivity index (χ0v) is 43.7. The SMILES string of the molecule is Cc1nc(-c2cccc(-c3nc4sccn4c3-c3ccnc(N[C@@H]4CCCN(C(=O)OC(C)(C)C)C4)n3)c2)no1.Cc1nc(-c2cccc(-c3nc4sccn4c3-c3ccnc(N[C@@H]4CCCNC4)n3)c2)no1.Cl. The van der Waals surface area contributed by atoms with E-state index in [-0.39, 0.29) is 24.5 Å². The molecule has 0 spiro atoms. The Bertz CT molecular complexity index is 3550. The Labute approximate surface area is 439 Å². The molecule has 0 unspecified atom stereocenters. The molecule has 0 saturated carbocycles. The third-order valence-corrected chi connectivity index (χ3v) is 13.7. The van der Waals surface area contributed by atoms with E-state index in [0.29, 0.717) is 54.5 Å². The Hall–Kier alpha value is -7.66. The molecule has 380 valence electrons. The fourth-order valence-corrected chi connectivity index (χ4v) is 10.4. The Kier molecular flexibility index (Phi) is 14.5. The summed E-state index contributed by atoms with van der Waals surface area (Å²) in [5.41, 5.74) is 8.06. The number of thiazole rings is 2. The van der Waals surface area contributed by atoms with Crippen molar-refractivity contribution in [3.05, 3.63) is 108 Å². The smallest absolute Gasteiger partial charge is 0.410 e. The molecule has 12 rings (SSSR count). The van der Waals surface area contributed by atoms with E-state index in [9.17, 15) is 4.79 Å². The van der Waals surface area contributed by atoms with Gasteiger partial charge >= 0.3 is 6.09 Å². The Morgan fingerprint density at radius 3 is 1.73 bits per heavy atom. The number of amides is 1. The van der Waals surface area contributed by atoms with Crippen LogP contribution in [0.4, 0.5) is 16.7 Å². The molecule has 1 amide bonds. The van der Waals surface area contributed by atoms with Crippen molar-refractivity contribution in [2.75, 3.05) is 36.8 Å². The van der Waals surface area contributed by atoms with Gasteiger partial charge in [-0.25, -0.2) is 34.7 Å². The van der Waals surface area contributed by atoms with Crippen LogP contribution in [0.2, 0.25) is 0 Å². The summed E-state index contributed by atoms with van der Waals surface area (Å²) < 4.78 is 20.0. The molecule has 2 aromatic carbocycles. The Morgan fingerprint density at radius 1 is 0.703 bits per heavy atom. The van der Waals surface area contributed by atoms with Crippen LogP contribution in [0, 0.1) is 13.8 Å². The summed E-state index contributed by atoms with van der Waals surface area (Å²) in [4.78, 5) is 53.5. The maximum atomic E-state index is 12.6. The minimum absolute atomic E-state index is 0. The van der Waals surface area contributed by atoms with Gasteiger partial charge in [-0.05, 0) is 77.3 Å². The highest BCUT2D eigenvalue weighted by molar-refractivity contribution is 7.15. The molecule has 23 heteroatoms. The van der Waals surface area contributed by atoms with E-state index in [1.165, 1.54) is 0 Å². The van der Waals surface area contributed by atoms with Crippen LogP contribution < -0.4 is 16.0 Å². The second kappa shape index (κ2) is 21.4. The molecule has 2 aliphatic rings. The Morgan fingerprint density at radius 2 is 1.23 bits per heavy atom. The van der Waals surface area contributed by atoms with Gasteiger partial charge in [0.15, 0.2) is 9.92 Å². The monoisotopic (exact) mass is 1050 g/mol. The third-order valence-electron chi connectivity index (χ3n) is 12.2. The van der Waals surface area contributed by atoms with Gasteiger partial charge in [0.2, 0.25) is 35.3 Å². The van der Waals surface area contributed by atoms with E-state index < -0.39 is 5.60 Å². The highest BCUT2D eigenvalue weighted by atomic mass is 35.5. The second-order valence-electron chi connectivity index (χ2n) is 18.8. The number of benzene rings is 2. The average Bonchev–Trinajstić information content (AvgIpc) is 4.27. The van der Waals surface area contributed by atoms with Crippen LogP contribution >= 0.6 is 35.1 Å². The predicted molar refractivity (Wildman–Crippen MR) is 286 cm³/mol. The lowest BCUT2D eigenvalue weighted by Gasteiger charge is -2.34. The van der Waals surface area contributed by atoms with E-state index in [4.69, 9.17) is 33.7 Å². The molecular weight excluding hydrogens is 1000 g/mol. The molecular formula is C51H53ClN16O4S2. The number of ether oxygens (including phenoxy) is 1. The molecule has 2 atom stereocenters. The number of carbonyl (C=O) groups is 1. The number of aromatic nitrogens is 12. The van der Waals surface area contributed by atoms with Crippen LogP contribution in [-0.4, -0.2) is 114 Å². The first-order valence-electron chi connectivity index (χ1n) is 24.1. The summed E-state index contributed by atoms with van der Waals surface area (Å²) in [6.07, 6.45) is 11.3. The number of hydrogen-bond donors (Lipinski definition) is 3. The molecule has 3 N–H and O–H groups in total. The number of piperidine rings is 2. The summed E-state index contributed by atoms with van der Waals surface area (Å²) in [5.74, 6) is 3.27. The molecule has 74 heavy (non-hydrogen) atoms. The lowest BCUT2D eigenvalue weighted by atomic mass is 10.0. The maximum Gasteiger partial charge on any atom is 0.410 e. The Balaban J connectivity index is 0.000000170. The van der Waals surface area contributed by atoms with Crippen LogP contribution in [0.5, 0.6) is 0 Å². The van der Waals surface area contributed by atoms with E-state index >= 15 is 0 Å². The highest BCUT2D eigenvalue weighted by Crippen LogP contribution is 2.37. The largest absolute Gasteiger partial charge is 0.444 e. The summed E-state index contributed by atoms with van der Waals surface area (Å²) in [5, 5.41) is 22.5. The quantitative estimate of drug-likeness (QED) is 0.116. The molecule has 0 aliphatic carbocycles. The summed E-state index contributed by atoms with van der Waals surface area (Å²) in [7, 11) is 0. The molecule has 2 saturated heterocycles. The van der Waals surface area contributed by atoms with Crippen molar-refractivity contribution >= 4 is 63.0 Å². The number of halogens is 1. The average molecular weight is 1050 g/mol. The van der Waals surface area contributed by atoms with Crippen LogP contribution in [0.25, 0.3) is 78.0 Å². The number of imidazole rings is 2. The molecule has 8 aromatic heterocycles. The van der Waals surface area contributed by atoms with Crippen molar-refractivity contribution in [2.45, 2.75) is 78.0 Å². The van der Waals surface area contributed by atoms with Gasteiger partial charge in [-0.2, -0.15) is 9.97 Å². The van der Waals surface area contributed by atoms with Crippen LogP contribution in [-0.2, 0) is 4.74 Å². The van der Waals surface area contributed by atoms with Crippen molar-refractivity contribution in [2.24, 2.45) is 0 Å². The highest BCUT2D eigenvalue weighted by Gasteiger charge is 2.29. The van der Waals surface area contributed by atoms with Gasteiger partial charge in [0, 0.05) is 103 Å². The van der Waals surface area contributed by atoms with Crippen molar-refractivity contribution in [3.63, 3.8) is 0 Å². The number of carbonyl (C=O) groups excluding carboxylic acids is 1. The molecule has 10 aromatic rings. The molecule has 0 bridgehead atoms. The topological polar surface area (TPSA) is 230 Å². The lowest BCUT2D eigenvalue weighted by Crippen LogP contribution is -2.47. The van der Waals surface area contributed by atoms with Crippen molar-refractivity contribution < 1.29 is 18.6 Å². The van der Waals surface area contributed by atoms with E-state index in [1.54, 1.807) is 53.8 Å². The summed E-state index contributed by atoms with van der Waals surface area (Å²) in [6, 6.07) is 20.1. The van der Waals surface area contributed by atoms with Gasteiger partial charge in [0.05, 0.1) is 22.8 Å². The minimum atomic E-state index is -0.533. The minimum Gasteiger partial charge on any atom is -0.444 e. The van der Waals surface area contributed by atoms with Crippen LogP contribution in [0.1, 0.15) is 58.2 Å². The number of rotatable bonds is 10. The standard InChI is InChI=1S/C28H30N8O3S.C23H22N8OS.ClH/c1-17-30-24(34-39-17)19-8-5-7-18(15-19)22-23(36-13-14-40-26(36)33-22)21-10-11-29-25(32-21)31-20-9-6-12-35(16-20)27(37)38-28(2,3)4;1-14-26-21(30-32-14)16-5-2-4-15(12-16)19-20(31-10-11-33-23(31)29-19)18-7-9-25-22(28-18)27-17-6-3-8-24-13-17;/h5,7-8,10-11,13-15,20H,6,9,12,16H2,1-4H3,(H,29,31,32);2,4-5,7,9-12,17,24H,3,6,8,13H2,1H3,(H,25,27,28);1H/t20-;17-;/m11./s1. The predicted octanol–water partition coefficient (Wildman–Crippen LogP) is 10.2. The zero-order chi connectivity index (χ0) is 50.1. The number of nitrogens with one attached hydrogen (secondary N) is 3. The molecule has 10 heterocycles. The van der Waals surface area contributed by atoms with Gasteiger partial charge in [-0.15, -0.1) is 35.1 Å². The first-order valence-corrected chi connectivity index (χ1v) is 25.9. The van der Waals surface area contributed by atoms with E-state index in [1.807, 2.05) is 109 Å². The molecule has 2 aliphatic heterocycles. The van der Waals surface area contributed by atoms with Gasteiger partial charge in [0.25, 0.3) is 0 Å². The van der Waals surface area contributed by atoms with Crippen LogP contribution in [0.3, 0.4) is 0 Å². The molecule has 0 radical (unpaired) electrons. The number of hydrogen-bond acceptors (Lipinski definition) is 19. The fraction of sp³-hybridized carbons (Fsp3) is 0.314. The van der Waals surface area contributed by atoms with Gasteiger partial charge < -0.3 is 34.6 Å². The number of aryl methyl sites for hydroxylation is 2. The van der Waals surface area contributed by atoms with Crippen molar-refractivity contribution in [1.82, 2.24) is 69.2 Å². The number of likely N-dealkylation sites (tertiary alicyclic amines) is 1. The number of nitrogens with zero attached hydrogens (tertiary/aromatic N) is 13.